The van der Waals surface area contributed by atoms with Crippen LogP contribution in [0.1, 0.15) is 49.0 Å². The van der Waals surface area contributed by atoms with Crippen molar-refractivity contribution in [2.24, 2.45) is 5.92 Å². The van der Waals surface area contributed by atoms with Crippen molar-refractivity contribution < 1.29 is 19.1 Å². The van der Waals surface area contributed by atoms with Gasteiger partial charge in [0.1, 0.15) is 11.8 Å². The third-order valence-electron chi connectivity index (χ3n) is 5.58. The lowest BCUT2D eigenvalue weighted by Crippen LogP contribution is -2.47. The molecule has 2 aromatic rings. The van der Waals surface area contributed by atoms with Gasteiger partial charge in [-0.25, -0.2) is 0 Å². The minimum absolute atomic E-state index is 0.105. The van der Waals surface area contributed by atoms with E-state index in [4.69, 9.17) is 4.74 Å². The zero-order chi connectivity index (χ0) is 23.1. The largest absolute Gasteiger partial charge is 0.497 e. The number of ether oxygens (including phenoxy) is 1. The lowest BCUT2D eigenvalue weighted by atomic mass is 10.0. The molecule has 7 heteroatoms. The van der Waals surface area contributed by atoms with Crippen LogP contribution in [-0.4, -0.2) is 42.3 Å². The van der Waals surface area contributed by atoms with Crippen LogP contribution < -0.4 is 15.4 Å². The Hall–Kier alpha value is -3.35. The number of amides is 3. The summed E-state index contributed by atoms with van der Waals surface area (Å²) in [6.45, 7) is 5.07. The second-order valence-electron chi connectivity index (χ2n) is 8.39. The molecule has 1 atom stereocenters. The normalized spacial score (nSPS) is 14.8. The van der Waals surface area contributed by atoms with E-state index in [-0.39, 0.29) is 23.6 Å². The average molecular weight is 438 g/mol. The molecule has 1 aliphatic rings. The predicted molar refractivity (Wildman–Crippen MR) is 123 cm³/mol. The summed E-state index contributed by atoms with van der Waals surface area (Å²) < 4.78 is 5.12. The number of carbonyl (C=O) groups is 3. The number of rotatable bonds is 8. The Balaban J connectivity index is 1.65. The van der Waals surface area contributed by atoms with Crippen LogP contribution in [0.3, 0.4) is 0 Å². The quantitative estimate of drug-likeness (QED) is 0.661. The van der Waals surface area contributed by atoms with Gasteiger partial charge in [0.05, 0.1) is 7.11 Å². The minimum atomic E-state index is -0.697. The molecule has 1 saturated heterocycles. The fourth-order valence-corrected chi connectivity index (χ4v) is 3.72. The van der Waals surface area contributed by atoms with E-state index < -0.39 is 6.04 Å². The SMILES string of the molecule is COc1ccc(C(=O)NC(C(=O)Nc2cccc(CN3CCCCC3=O)c2)C(C)C)cc1. The van der Waals surface area contributed by atoms with E-state index in [0.29, 0.717) is 30.0 Å². The summed E-state index contributed by atoms with van der Waals surface area (Å²) in [6.07, 6.45) is 2.57. The van der Waals surface area contributed by atoms with Crippen LogP contribution in [0.4, 0.5) is 5.69 Å². The van der Waals surface area contributed by atoms with Gasteiger partial charge in [-0.05, 0) is 60.7 Å². The summed E-state index contributed by atoms with van der Waals surface area (Å²) in [4.78, 5) is 39.6. The highest BCUT2D eigenvalue weighted by atomic mass is 16.5. The molecule has 0 spiro atoms. The first-order valence-electron chi connectivity index (χ1n) is 11.0. The first-order chi connectivity index (χ1) is 15.4. The number of nitrogens with one attached hydrogen (secondary N) is 2. The summed E-state index contributed by atoms with van der Waals surface area (Å²) >= 11 is 0. The zero-order valence-corrected chi connectivity index (χ0v) is 18.9. The van der Waals surface area contributed by atoms with Crippen molar-refractivity contribution in [3.63, 3.8) is 0 Å². The van der Waals surface area contributed by atoms with Gasteiger partial charge in [0.15, 0.2) is 0 Å². The molecule has 3 amide bonds. The molecule has 2 N–H and O–H groups in total. The Kier molecular flexibility index (Phi) is 7.87. The second-order valence-corrected chi connectivity index (χ2v) is 8.39. The van der Waals surface area contributed by atoms with Crippen LogP contribution >= 0.6 is 0 Å². The first kappa shape index (κ1) is 23.3. The highest BCUT2D eigenvalue weighted by Gasteiger charge is 2.25. The fourth-order valence-electron chi connectivity index (χ4n) is 3.72. The zero-order valence-electron chi connectivity index (χ0n) is 18.9. The van der Waals surface area contributed by atoms with Gasteiger partial charge >= 0.3 is 0 Å². The van der Waals surface area contributed by atoms with E-state index in [2.05, 4.69) is 10.6 Å². The number of likely N-dealkylation sites (tertiary alicyclic amines) is 1. The van der Waals surface area contributed by atoms with Crippen molar-refractivity contribution in [1.29, 1.82) is 0 Å². The smallest absolute Gasteiger partial charge is 0.251 e. The van der Waals surface area contributed by atoms with Crippen molar-refractivity contribution in [3.8, 4) is 5.75 Å². The standard InChI is InChI=1S/C25H31N3O4/c1-17(2)23(27-24(30)19-10-12-21(32-3)13-11-19)25(31)26-20-8-6-7-18(15-20)16-28-14-5-4-9-22(28)29/h6-8,10-13,15,17,23H,4-5,9,14,16H2,1-3H3,(H,26,31)(H,27,30). The lowest BCUT2D eigenvalue weighted by molar-refractivity contribution is -0.133. The van der Waals surface area contributed by atoms with E-state index in [9.17, 15) is 14.4 Å². The van der Waals surface area contributed by atoms with Crippen molar-refractivity contribution >= 4 is 23.4 Å². The van der Waals surface area contributed by atoms with Gasteiger partial charge in [-0.2, -0.15) is 0 Å². The molecular weight excluding hydrogens is 406 g/mol. The molecule has 1 heterocycles. The maximum atomic E-state index is 13.0. The number of methoxy groups -OCH3 is 1. The van der Waals surface area contributed by atoms with E-state index in [1.54, 1.807) is 31.4 Å². The fraction of sp³-hybridized carbons (Fsp3) is 0.400. The molecule has 1 unspecified atom stereocenters. The van der Waals surface area contributed by atoms with Gasteiger partial charge in [-0.3, -0.25) is 14.4 Å². The van der Waals surface area contributed by atoms with E-state index in [1.165, 1.54) is 0 Å². The van der Waals surface area contributed by atoms with Crippen LogP contribution in [0, 0.1) is 5.92 Å². The Bertz CT molecular complexity index is 956. The van der Waals surface area contributed by atoms with Gasteiger partial charge in [-0.15, -0.1) is 0 Å². The first-order valence-corrected chi connectivity index (χ1v) is 11.0. The van der Waals surface area contributed by atoms with Crippen LogP contribution in [0.2, 0.25) is 0 Å². The van der Waals surface area contributed by atoms with Crippen molar-refractivity contribution in [2.75, 3.05) is 19.0 Å². The molecule has 0 saturated carbocycles. The maximum absolute atomic E-state index is 13.0. The minimum Gasteiger partial charge on any atom is -0.497 e. The summed E-state index contributed by atoms with van der Waals surface area (Å²) in [5, 5.41) is 5.74. The molecular formula is C25H31N3O4. The van der Waals surface area contributed by atoms with Crippen molar-refractivity contribution in [2.45, 2.75) is 45.7 Å². The Morgan fingerprint density at radius 2 is 1.84 bits per heavy atom. The average Bonchev–Trinajstić information content (AvgIpc) is 2.79. The lowest BCUT2D eigenvalue weighted by Gasteiger charge is -2.27. The number of hydrogen-bond acceptors (Lipinski definition) is 4. The number of carbonyl (C=O) groups excluding carboxylic acids is 3. The van der Waals surface area contributed by atoms with E-state index in [1.807, 2.05) is 43.0 Å². The molecule has 0 aliphatic carbocycles. The van der Waals surface area contributed by atoms with Gasteiger partial charge in [0, 0.05) is 30.8 Å². The molecule has 0 aromatic heterocycles. The topological polar surface area (TPSA) is 87.7 Å². The Labute approximate surface area is 189 Å². The molecule has 0 radical (unpaired) electrons. The van der Waals surface area contributed by atoms with Crippen molar-refractivity contribution in [1.82, 2.24) is 10.2 Å². The number of benzene rings is 2. The van der Waals surface area contributed by atoms with Crippen LogP contribution in [0.25, 0.3) is 0 Å². The van der Waals surface area contributed by atoms with E-state index >= 15 is 0 Å². The third-order valence-corrected chi connectivity index (χ3v) is 5.58. The highest BCUT2D eigenvalue weighted by molar-refractivity contribution is 6.01. The molecule has 170 valence electrons. The van der Waals surface area contributed by atoms with Crippen LogP contribution in [-0.2, 0) is 16.1 Å². The highest BCUT2D eigenvalue weighted by Crippen LogP contribution is 2.18. The summed E-state index contributed by atoms with van der Waals surface area (Å²) in [5.41, 5.74) is 2.06. The number of nitrogens with zero attached hydrogens (tertiary/aromatic N) is 1. The molecule has 0 bridgehead atoms. The molecule has 2 aromatic carbocycles. The summed E-state index contributed by atoms with van der Waals surface area (Å²) in [6, 6.07) is 13.5. The van der Waals surface area contributed by atoms with Gasteiger partial charge < -0.3 is 20.3 Å². The second kappa shape index (κ2) is 10.8. The third kappa shape index (κ3) is 6.09. The Morgan fingerprint density at radius 1 is 1.09 bits per heavy atom. The van der Waals surface area contributed by atoms with Crippen LogP contribution in [0.15, 0.2) is 48.5 Å². The monoisotopic (exact) mass is 437 g/mol. The van der Waals surface area contributed by atoms with E-state index in [0.717, 1.165) is 24.9 Å². The van der Waals surface area contributed by atoms with Gasteiger partial charge in [0.25, 0.3) is 5.91 Å². The molecule has 32 heavy (non-hydrogen) atoms. The molecule has 1 fully saturated rings. The number of piperidine rings is 1. The summed E-state index contributed by atoms with van der Waals surface area (Å²) in [7, 11) is 1.56. The molecule has 7 nitrogen and oxygen atoms in total. The molecule has 3 rings (SSSR count). The van der Waals surface area contributed by atoms with Gasteiger partial charge in [0.2, 0.25) is 11.8 Å². The predicted octanol–water partition coefficient (Wildman–Crippen LogP) is 3.60. The van der Waals surface area contributed by atoms with Crippen LogP contribution in [0.5, 0.6) is 5.75 Å². The number of anilines is 1. The summed E-state index contributed by atoms with van der Waals surface area (Å²) in [5.74, 6) is 0.121. The molecule has 1 aliphatic heterocycles. The maximum Gasteiger partial charge on any atom is 0.251 e. The van der Waals surface area contributed by atoms with Crippen molar-refractivity contribution in [3.05, 3.63) is 59.7 Å². The Morgan fingerprint density at radius 3 is 2.50 bits per heavy atom. The number of hydrogen-bond donors (Lipinski definition) is 2. The van der Waals surface area contributed by atoms with Gasteiger partial charge in [-0.1, -0.05) is 26.0 Å².